The van der Waals surface area contributed by atoms with E-state index < -0.39 is 11.8 Å². The van der Waals surface area contributed by atoms with Crippen LogP contribution in [0.25, 0.3) is 0 Å². The van der Waals surface area contributed by atoms with Gasteiger partial charge in [-0.15, -0.1) is 0 Å². The number of halogens is 1. The summed E-state index contributed by atoms with van der Waals surface area (Å²) in [5.74, 6) is 0. The first-order valence-corrected chi connectivity index (χ1v) is 10.4. The predicted octanol–water partition coefficient (Wildman–Crippen LogP) is 5.43. The van der Waals surface area contributed by atoms with Crippen LogP contribution in [0.2, 0.25) is 0 Å². The second kappa shape index (κ2) is 8.89. The topological polar surface area (TPSA) is 12.5 Å². The lowest BCUT2D eigenvalue weighted by atomic mass is 9.80. The first-order valence-electron chi connectivity index (χ1n) is 10.4. The molecule has 1 fully saturated rings. The van der Waals surface area contributed by atoms with Gasteiger partial charge in [0.15, 0.2) is 0 Å². The zero-order valence-corrected chi connectivity index (χ0v) is 16.9. The minimum atomic E-state index is -0.723. The van der Waals surface area contributed by atoms with Crippen molar-refractivity contribution in [2.45, 2.75) is 31.2 Å². The Morgan fingerprint density at radius 2 is 1.31 bits per heavy atom. The first kappa shape index (κ1) is 19.8. The Kier molecular flexibility index (Phi) is 6.08. The summed E-state index contributed by atoms with van der Waals surface area (Å²) in [5.41, 5.74) is 2.56. The van der Waals surface area contributed by atoms with Crippen LogP contribution in [-0.4, -0.2) is 36.8 Å². The molecule has 0 amide bonds. The van der Waals surface area contributed by atoms with Crippen LogP contribution < -0.4 is 0 Å². The molecular weight excluding hydrogens is 361 g/mol. The van der Waals surface area contributed by atoms with E-state index in [-0.39, 0.29) is 6.04 Å². The number of likely N-dealkylation sites (tertiary alicyclic amines) is 1. The highest BCUT2D eigenvalue weighted by molar-refractivity contribution is 5.47. The number of hydrogen-bond acceptors (Lipinski definition) is 2. The average molecular weight is 390 g/mol. The summed E-state index contributed by atoms with van der Waals surface area (Å²) in [6, 6.07) is 31.3. The van der Waals surface area contributed by atoms with E-state index in [1.165, 1.54) is 0 Å². The summed E-state index contributed by atoms with van der Waals surface area (Å²) in [5, 5.41) is 0. The molecule has 0 spiro atoms. The average Bonchev–Trinajstić information content (AvgIpc) is 3.23. The van der Waals surface area contributed by atoms with E-state index in [1.807, 2.05) is 18.2 Å². The van der Waals surface area contributed by atoms with Crippen LogP contribution in [-0.2, 0) is 10.3 Å². The summed E-state index contributed by atoms with van der Waals surface area (Å²) in [4.78, 5) is 2.19. The van der Waals surface area contributed by atoms with Gasteiger partial charge in [-0.1, -0.05) is 91.0 Å². The fraction of sp³-hybridized carbons (Fsp3) is 0.308. The van der Waals surface area contributed by atoms with Gasteiger partial charge < -0.3 is 4.74 Å². The summed E-state index contributed by atoms with van der Waals surface area (Å²) < 4.78 is 20.6. The van der Waals surface area contributed by atoms with Crippen LogP contribution >= 0.6 is 0 Å². The Morgan fingerprint density at radius 3 is 1.69 bits per heavy atom. The SMILES string of the molecule is CC(COC(c1ccccc1)(c1ccccc1)c1ccccc1)N1CCC(F)C1. The molecule has 1 saturated heterocycles. The van der Waals surface area contributed by atoms with Crippen LogP contribution in [0.5, 0.6) is 0 Å². The molecule has 1 aliphatic heterocycles. The molecule has 1 aliphatic rings. The molecule has 150 valence electrons. The molecule has 2 nitrogen and oxygen atoms in total. The first-order chi connectivity index (χ1) is 14.2. The number of hydrogen-bond donors (Lipinski definition) is 0. The zero-order valence-electron chi connectivity index (χ0n) is 16.9. The van der Waals surface area contributed by atoms with E-state index in [1.54, 1.807) is 0 Å². The summed E-state index contributed by atoms with van der Waals surface area (Å²) in [6.45, 7) is 3.94. The van der Waals surface area contributed by atoms with E-state index in [0.29, 0.717) is 19.6 Å². The summed E-state index contributed by atoms with van der Waals surface area (Å²) >= 11 is 0. The normalized spacial score (nSPS) is 18.6. The fourth-order valence-corrected chi connectivity index (χ4v) is 4.26. The Morgan fingerprint density at radius 1 is 0.862 bits per heavy atom. The van der Waals surface area contributed by atoms with E-state index >= 15 is 0 Å². The maximum absolute atomic E-state index is 13.7. The quantitative estimate of drug-likeness (QED) is 0.500. The summed E-state index contributed by atoms with van der Waals surface area (Å²) in [7, 11) is 0. The van der Waals surface area contributed by atoms with Gasteiger partial charge in [0.1, 0.15) is 11.8 Å². The number of nitrogens with zero attached hydrogens (tertiary/aromatic N) is 1. The largest absolute Gasteiger partial charge is 0.359 e. The highest BCUT2D eigenvalue weighted by Gasteiger charge is 2.38. The second-order valence-corrected chi connectivity index (χ2v) is 7.82. The third kappa shape index (κ3) is 4.12. The van der Waals surface area contributed by atoms with Crippen LogP contribution in [0.3, 0.4) is 0 Å². The summed E-state index contributed by atoms with van der Waals surface area (Å²) in [6.07, 6.45) is -0.106. The van der Waals surface area contributed by atoms with Gasteiger partial charge in [-0.2, -0.15) is 0 Å². The van der Waals surface area contributed by atoms with Gasteiger partial charge in [-0.3, -0.25) is 4.90 Å². The lowest BCUT2D eigenvalue weighted by Gasteiger charge is -2.38. The Hall–Kier alpha value is -2.49. The standard InChI is InChI=1S/C26H28FNO/c1-21(28-18-17-25(27)19-28)20-29-26(22-11-5-2-6-12-22,23-13-7-3-8-14-23)24-15-9-4-10-16-24/h2-16,21,25H,17-20H2,1H3. The van der Waals surface area contributed by atoms with Crippen molar-refractivity contribution in [3.63, 3.8) is 0 Å². The van der Waals surface area contributed by atoms with E-state index in [0.717, 1.165) is 23.2 Å². The number of ether oxygens (including phenoxy) is 1. The molecule has 29 heavy (non-hydrogen) atoms. The number of rotatable bonds is 7. The predicted molar refractivity (Wildman–Crippen MR) is 116 cm³/mol. The van der Waals surface area contributed by atoms with Crippen molar-refractivity contribution in [1.29, 1.82) is 0 Å². The number of benzene rings is 3. The van der Waals surface area contributed by atoms with Gasteiger partial charge >= 0.3 is 0 Å². The van der Waals surface area contributed by atoms with Gasteiger partial charge in [0.25, 0.3) is 0 Å². The highest BCUT2D eigenvalue weighted by atomic mass is 19.1. The van der Waals surface area contributed by atoms with E-state index in [2.05, 4.69) is 84.6 Å². The van der Waals surface area contributed by atoms with Crippen LogP contribution in [0.15, 0.2) is 91.0 Å². The lowest BCUT2D eigenvalue weighted by molar-refractivity contribution is -0.0165. The number of alkyl halides is 1. The molecule has 1 heterocycles. The molecule has 0 aliphatic carbocycles. The Balaban J connectivity index is 1.75. The van der Waals surface area contributed by atoms with Crippen molar-refractivity contribution in [2.75, 3.05) is 19.7 Å². The third-order valence-electron chi connectivity index (χ3n) is 5.87. The van der Waals surface area contributed by atoms with Crippen LogP contribution in [0, 0.1) is 0 Å². The fourth-order valence-electron chi connectivity index (χ4n) is 4.26. The van der Waals surface area contributed by atoms with Gasteiger partial charge in [0.05, 0.1) is 6.61 Å². The molecule has 3 heteroatoms. The lowest BCUT2D eigenvalue weighted by Crippen LogP contribution is -2.40. The van der Waals surface area contributed by atoms with Crippen LogP contribution in [0.1, 0.15) is 30.0 Å². The van der Waals surface area contributed by atoms with Crippen molar-refractivity contribution in [3.05, 3.63) is 108 Å². The van der Waals surface area contributed by atoms with Crippen molar-refractivity contribution in [2.24, 2.45) is 0 Å². The van der Waals surface area contributed by atoms with Crippen molar-refractivity contribution < 1.29 is 9.13 Å². The molecule has 2 atom stereocenters. The molecular formula is C26H28FNO. The molecule has 4 rings (SSSR count). The van der Waals surface area contributed by atoms with Crippen molar-refractivity contribution >= 4 is 0 Å². The van der Waals surface area contributed by atoms with E-state index in [4.69, 9.17) is 4.74 Å². The van der Waals surface area contributed by atoms with Gasteiger partial charge in [0, 0.05) is 19.1 Å². The van der Waals surface area contributed by atoms with Gasteiger partial charge in [-0.05, 0) is 30.0 Å². The Bertz CT molecular complexity index is 788. The molecule has 0 N–H and O–H groups in total. The van der Waals surface area contributed by atoms with E-state index in [9.17, 15) is 4.39 Å². The molecule has 0 saturated carbocycles. The zero-order chi connectivity index (χ0) is 20.1. The second-order valence-electron chi connectivity index (χ2n) is 7.82. The molecule has 0 aromatic heterocycles. The maximum Gasteiger partial charge on any atom is 0.143 e. The molecule has 2 unspecified atom stereocenters. The molecule has 3 aromatic rings. The molecule has 3 aromatic carbocycles. The monoisotopic (exact) mass is 389 g/mol. The minimum absolute atomic E-state index is 0.145. The van der Waals surface area contributed by atoms with Crippen molar-refractivity contribution in [3.8, 4) is 0 Å². The van der Waals surface area contributed by atoms with Gasteiger partial charge in [-0.25, -0.2) is 4.39 Å². The van der Waals surface area contributed by atoms with Crippen molar-refractivity contribution in [1.82, 2.24) is 4.90 Å². The van der Waals surface area contributed by atoms with Crippen LogP contribution in [0.4, 0.5) is 4.39 Å². The Labute approximate surface area is 172 Å². The van der Waals surface area contributed by atoms with Gasteiger partial charge in [0.2, 0.25) is 0 Å². The maximum atomic E-state index is 13.7. The minimum Gasteiger partial charge on any atom is -0.359 e. The molecule has 0 bridgehead atoms. The smallest absolute Gasteiger partial charge is 0.143 e. The highest BCUT2D eigenvalue weighted by Crippen LogP contribution is 2.40. The molecule has 0 radical (unpaired) electrons. The third-order valence-corrected chi connectivity index (χ3v) is 5.87.